The molecule has 26 heavy (non-hydrogen) atoms. The number of anilines is 1. The Morgan fingerprint density at radius 1 is 1.04 bits per heavy atom. The summed E-state index contributed by atoms with van der Waals surface area (Å²) in [5.74, 6) is 1.09. The molecule has 0 aliphatic carbocycles. The Labute approximate surface area is 154 Å². The van der Waals surface area contributed by atoms with Gasteiger partial charge in [0.25, 0.3) is 5.91 Å². The van der Waals surface area contributed by atoms with Gasteiger partial charge in [0.2, 0.25) is 5.91 Å². The van der Waals surface area contributed by atoms with E-state index in [2.05, 4.69) is 20.5 Å². The Kier molecular flexibility index (Phi) is 4.80. The minimum Gasteiger partial charge on any atom is -0.356 e. The van der Waals surface area contributed by atoms with Gasteiger partial charge in [-0.15, -0.1) is 0 Å². The van der Waals surface area contributed by atoms with Crippen molar-refractivity contribution in [2.24, 2.45) is 0 Å². The van der Waals surface area contributed by atoms with Gasteiger partial charge < -0.3 is 20.4 Å². The number of amides is 2. The van der Waals surface area contributed by atoms with E-state index in [0.717, 1.165) is 64.2 Å². The van der Waals surface area contributed by atoms with Gasteiger partial charge in [-0.2, -0.15) is 0 Å². The number of pyridine rings is 1. The van der Waals surface area contributed by atoms with Crippen molar-refractivity contribution in [3.8, 4) is 0 Å². The molecule has 0 aromatic carbocycles. The van der Waals surface area contributed by atoms with Crippen LogP contribution < -0.4 is 15.5 Å². The zero-order chi connectivity index (χ0) is 18.0. The summed E-state index contributed by atoms with van der Waals surface area (Å²) in [6.45, 7) is 4.81. The summed E-state index contributed by atoms with van der Waals surface area (Å²) in [4.78, 5) is 33.4. The van der Waals surface area contributed by atoms with E-state index in [-0.39, 0.29) is 11.8 Å². The lowest BCUT2D eigenvalue weighted by Crippen LogP contribution is -2.66. The second kappa shape index (κ2) is 7.23. The molecule has 3 aliphatic heterocycles. The van der Waals surface area contributed by atoms with Crippen LogP contribution in [0.4, 0.5) is 5.82 Å². The van der Waals surface area contributed by atoms with Gasteiger partial charge in [-0.3, -0.25) is 9.59 Å². The highest BCUT2D eigenvalue weighted by molar-refractivity contribution is 5.94. The molecule has 1 aromatic rings. The van der Waals surface area contributed by atoms with E-state index in [0.29, 0.717) is 12.1 Å². The van der Waals surface area contributed by atoms with Gasteiger partial charge in [-0.1, -0.05) is 0 Å². The number of piperidine rings is 2. The maximum Gasteiger partial charge on any atom is 0.255 e. The number of rotatable bonds is 2. The van der Waals surface area contributed by atoms with E-state index in [1.165, 1.54) is 6.42 Å². The molecule has 0 atom stereocenters. The lowest BCUT2D eigenvalue weighted by Gasteiger charge is -2.43. The van der Waals surface area contributed by atoms with Crippen LogP contribution in [0.5, 0.6) is 0 Å². The van der Waals surface area contributed by atoms with Crippen molar-refractivity contribution in [3.05, 3.63) is 23.9 Å². The van der Waals surface area contributed by atoms with E-state index in [1.807, 2.05) is 17.0 Å². The number of carbonyl (C=O) groups excluding carboxylic acids is 2. The molecule has 0 bridgehead atoms. The van der Waals surface area contributed by atoms with E-state index in [1.54, 1.807) is 6.20 Å². The Balaban J connectivity index is 1.38. The number of hydrogen-bond acceptors (Lipinski definition) is 5. The first-order chi connectivity index (χ1) is 12.7. The standard InChI is InChI=1S/C19H27N5O2/c25-17(24-10-2-1-3-11-24)15-4-5-16(21-14-15)23-12-6-19(7-13-23)18(26)20-8-9-22-19/h4-5,14,22H,1-3,6-13H2,(H,20,26). The zero-order valence-corrected chi connectivity index (χ0v) is 15.2. The van der Waals surface area contributed by atoms with Crippen LogP contribution in [-0.4, -0.2) is 66.5 Å². The number of aromatic nitrogens is 1. The van der Waals surface area contributed by atoms with Crippen LogP contribution in [0.25, 0.3) is 0 Å². The molecule has 7 nitrogen and oxygen atoms in total. The fourth-order valence-electron chi connectivity index (χ4n) is 4.23. The topological polar surface area (TPSA) is 77.6 Å². The fraction of sp³-hybridized carbons (Fsp3) is 0.632. The molecular weight excluding hydrogens is 330 g/mol. The maximum atomic E-state index is 12.5. The molecule has 3 aliphatic rings. The summed E-state index contributed by atoms with van der Waals surface area (Å²) in [6, 6.07) is 3.82. The molecular formula is C19H27N5O2. The molecule has 2 N–H and O–H groups in total. The minimum atomic E-state index is -0.418. The summed E-state index contributed by atoms with van der Waals surface area (Å²) in [5.41, 5.74) is 0.247. The molecule has 3 fully saturated rings. The predicted octanol–water partition coefficient (Wildman–Crippen LogP) is 0.766. The summed E-state index contributed by atoms with van der Waals surface area (Å²) >= 11 is 0. The van der Waals surface area contributed by atoms with Crippen LogP contribution in [0.2, 0.25) is 0 Å². The van der Waals surface area contributed by atoms with Gasteiger partial charge in [-0.25, -0.2) is 4.98 Å². The number of nitrogens with one attached hydrogen (secondary N) is 2. The number of hydrogen-bond donors (Lipinski definition) is 2. The van der Waals surface area contributed by atoms with E-state index >= 15 is 0 Å². The summed E-state index contributed by atoms with van der Waals surface area (Å²) in [6.07, 6.45) is 6.64. The van der Waals surface area contributed by atoms with Crippen LogP contribution in [0.15, 0.2) is 18.3 Å². The third-order valence-corrected chi connectivity index (χ3v) is 5.89. The van der Waals surface area contributed by atoms with Gasteiger partial charge in [0.15, 0.2) is 0 Å². The summed E-state index contributed by atoms with van der Waals surface area (Å²) in [7, 11) is 0. The largest absolute Gasteiger partial charge is 0.356 e. The van der Waals surface area contributed by atoms with E-state index in [9.17, 15) is 9.59 Å². The van der Waals surface area contributed by atoms with Crippen LogP contribution in [0, 0.1) is 0 Å². The third kappa shape index (κ3) is 3.28. The van der Waals surface area contributed by atoms with Crippen molar-refractivity contribution < 1.29 is 9.59 Å². The first kappa shape index (κ1) is 17.3. The van der Waals surface area contributed by atoms with Crippen molar-refractivity contribution in [1.82, 2.24) is 20.5 Å². The maximum absolute atomic E-state index is 12.5. The predicted molar refractivity (Wildman–Crippen MR) is 99.2 cm³/mol. The fourth-order valence-corrected chi connectivity index (χ4v) is 4.23. The SMILES string of the molecule is O=C(c1ccc(N2CCC3(CC2)NCCNC3=O)nc1)N1CCCCC1. The summed E-state index contributed by atoms with van der Waals surface area (Å²) < 4.78 is 0. The average molecular weight is 357 g/mol. The second-order valence-corrected chi connectivity index (χ2v) is 7.51. The Bertz CT molecular complexity index is 661. The molecule has 1 aromatic heterocycles. The van der Waals surface area contributed by atoms with Crippen molar-refractivity contribution in [2.45, 2.75) is 37.6 Å². The van der Waals surface area contributed by atoms with Crippen LogP contribution in [0.1, 0.15) is 42.5 Å². The average Bonchev–Trinajstić information content (AvgIpc) is 2.71. The van der Waals surface area contributed by atoms with Crippen molar-refractivity contribution in [1.29, 1.82) is 0 Å². The second-order valence-electron chi connectivity index (χ2n) is 7.51. The van der Waals surface area contributed by atoms with Crippen molar-refractivity contribution in [3.63, 3.8) is 0 Å². The van der Waals surface area contributed by atoms with Gasteiger partial charge >= 0.3 is 0 Å². The Morgan fingerprint density at radius 3 is 2.46 bits per heavy atom. The molecule has 4 rings (SSSR count). The Morgan fingerprint density at radius 2 is 1.81 bits per heavy atom. The van der Waals surface area contributed by atoms with Crippen LogP contribution >= 0.6 is 0 Å². The number of carbonyl (C=O) groups is 2. The normalized spacial score (nSPS) is 23.0. The summed E-state index contributed by atoms with van der Waals surface area (Å²) in [5, 5.41) is 6.38. The molecule has 3 saturated heterocycles. The highest BCUT2D eigenvalue weighted by Crippen LogP contribution is 2.27. The molecule has 0 radical (unpaired) electrons. The zero-order valence-electron chi connectivity index (χ0n) is 15.2. The molecule has 0 unspecified atom stereocenters. The number of nitrogens with zero attached hydrogens (tertiary/aromatic N) is 3. The highest BCUT2D eigenvalue weighted by Gasteiger charge is 2.42. The van der Waals surface area contributed by atoms with Gasteiger partial charge in [0.1, 0.15) is 11.4 Å². The molecule has 4 heterocycles. The smallest absolute Gasteiger partial charge is 0.255 e. The molecule has 2 amide bonds. The Hall–Kier alpha value is -2.15. The lowest BCUT2D eigenvalue weighted by atomic mass is 9.85. The first-order valence-electron chi connectivity index (χ1n) is 9.72. The van der Waals surface area contributed by atoms with E-state index in [4.69, 9.17) is 0 Å². The molecule has 7 heteroatoms. The molecule has 140 valence electrons. The number of likely N-dealkylation sites (tertiary alicyclic amines) is 1. The monoisotopic (exact) mass is 357 g/mol. The van der Waals surface area contributed by atoms with Crippen molar-refractivity contribution in [2.75, 3.05) is 44.2 Å². The van der Waals surface area contributed by atoms with Crippen molar-refractivity contribution >= 4 is 17.6 Å². The number of piperazine rings is 1. The van der Waals surface area contributed by atoms with Gasteiger partial charge in [-0.05, 0) is 44.2 Å². The third-order valence-electron chi connectivity index (χ3n) is 5.89. The first-order valence-corrected chi connectivity index (χ1v) is 9.72. The van der Waals surface area contributed by atoms with Gasteiger partial charge in [0.05, 0.1) is 5.56 Å². The molecule has 0 saturated carbocycles. The molecule has 1 spiro atoms. The minimum absolute atomic E-state index is 0.0874. The van der Waals surface area contributed by atoms with E-state index < -0.39 is 5.54 Å². The van der Waals surface area contributed by atoms with Crippen LogP contribution in [0.3, 0.4) is 0 Å². The quantitative estimate of drug-likeness (QED) is 0.817. The lowest BCUT2D eigenvalue weighted by molar-refractivity contribution is -0.130. The van der Waals surface area contributed by atoms with Gasteiger partial charge in [0, 0.05) is 45.5 Å². The van der Waals surface area contributed by atoms with Crippen LogP contribution in [-0.2, 0) is 4.79 Å². The highest BCUT2D eigenvalue weighted by atomic mass is 16.2.